The molecule has 1 saturated carbocycles. The Kier molecular flexibility index (Phi) is 6.45. The van der Waals surface area contributed by atoms with Crippen molar-refractivity contribution in [3.05, 3.63) is 0 Å². The normalized spacial score (nSPS) is 29.1. The Morgan fingerprint density at radius 2 is 1.90 bits per heavy atom. The number of rotatable bonds is 5. The zero-order chi connectivity index (χ0) is 15.2. The Bertz CT molecular complexity index is 323. The van der Waals surface area contributed by atoms with Crippen LogP contribution in [-0.2, 0) is 9.53 Å². The highest BCUT2D eigenvalue weighted by Crippen LogP contribution is 2.29. The molecule has 2 fully saturated rings. The molecular formula is C16H30N2O3. The van der Waals surface area contributed by atoms with Gasteiger partial charge in [-0.25, -0.2) is 0 Å². The van der Waals surface area contributed by atoms with Gasteiger partial charge in [0.1, 0.15) is 0 Å². The molecule has 21 heavy (non-hydrogen) atoms. The number of nitrogens with zero attached hydrogens (tertiary/aromatic N) is 2. The van der Waals surface area contributed by atoms with Gasteiger partial charge in [0.05, 0.1) is 19.3 Å². The second-order valence-electron chi connectivity index (χ2n) is 6.74. The van der Waals surface area contributed by atoms with Gasteiger partial charge >= 0.3 is 0 Å². The molecule has 2 rings (SSSR count). The smallest absolute Gasteiger partial charge is 0.225 e. The Hall–Kier alpha value is -0.650. The SMILES string of the molecule is CC1CCC(C(=O)N(C)CC(O)CN2CCOCC2)CC1. The lowest BCUT2D eigenvalue weighted by molar-refractivity contribution is -0.137. The van der Waals surface area contributed by atoms with Gasteiger partial charge in [-0.15, -0.1) is 0 Å². The van der Waals surface area contributed by atoms with Crippen LogP contribution in [0.25, 0.3) is 0 Å². The predicted molar refractivity (Wildman–Crippen MR) is 82.0 cm³/mol. The number of ether oxygens (including phenoxy) is 1. The summed E-state index contributed by atoms with van der Waals surface area (Å²) in [6, 6.07) is 0. The summed E-state index contributed by atoms with van der Waals surface area (Å²) in [6.07, 6.45) is 3.84. The third-order valence-corrected chi connectivity index (χ3v) is 4.80. The van der Waals surface area contributed by atoms with Crippen LogP contribution in [0, 0.1) is 11.8 Å². The topological polar surface area (TPSA) is 53.0 Å². The summed E-state index contributed by atoms with van der Waals surface area (Å²) in [5.41, 5.74) is 0. The number of carbonyl (C=O) groups excluding carboxylic acids is 1. The maximum absolute atomic E-state index is 12.4. The Morgan fingerprint density at radius 1 is 1.29 bits per heavy atom. The van der Waals surface area contributed by atoms with E-state index in [1.807, 2.05) is 7.05 Å². The van der Waals surface area contributed by atoms with Crippen molar-refractivity contribution in [3.8, 4) is 0 Å². The molecule has 1 heterocycles. The summed E-state index contributed by atoms with van der Waals surface area (Å²) in [6.45, 7) is 6.54. The quantitative estimate of drug-likeness (QED) is 0.821. The van der Waals surface area contributed by atoms with E-state index in [2.05, 4.69) is 11.8 Å². The van der Waals surface area contributed by atoms with E-state index in [4.69, 9.17) is 4.74 Å². The van der Waals surface area contributed by atoms with E-state index in [-0.39, 0.29) is 11.8 Å². The van der Waals surface area contributed by atoms with E-state index in [1.54, 1.807) is 4.90 Å². The van der Waals surface area contributed by atoms with Gasteiger partial charge in [-0.2, -0.15) is 0 Å². The third kappa shape index (κ3) is 5.24. The molecule has 1 saturated heterocycles. The molecule has 2 aliphatic rings. The molecule has 1 N–H and O–H groups in total. The van der Waals surface area contributed by atoms with E-state index in [9.17, 15) is 9.90 Å². The van der Waals surface area contributed by atoms with E-state index in [0.29, 0.717) is 13.1 Å². The molecule has 1 unspecified atom stereocenters. The lowest BCUT2D eigenvalue weighted by atomic mass is 9.82. The number of likely N-dealkylation sites (N-methyl/N-ethyl adjacent to an activating group) is 1. The molecule has 0 aromatic rings. The number of β-amino-alcohol motifs (C(OH)–C–C–N with tert-alkyl or cyclic N) is 1. The van der Waals surface area contributed by atoms with E-state index in [1.165, 1.54) is 0 Å². The van der Waals surface area contributed by atoms with E-state index >= 15 is 0 Å². The molecule has 0 aromatic carbocycles. The number of carbonyl (C=O) groups is 1. The van der Waals surface area contributed by atoms with Crippen LogP contribution in [0.2, 0.25) is 0 Å². The van der Waals surface area contributed by atoms with Crippen LogP contribution in [-0.4, -0.2) is 73.4 Å². The first-order valence-corrected chi connectivity index (χ1v) is 8.29. The Labute approximate surface area is 128 Å². The van der Waals surface area contributed by atoms with Crippen molar-refractivity contribution < 1.29 is 14.6 Å². The van der Waals surface area contributed by atoms with Crippen LogP contribution in [0.3, 0.4) is 0 Å². The average Bonchev–Trinajstić information content (AvgIpc) is 2.48. The highest BCUT2D eigenvalue weighted by atomic mass is 16.5. The van der Waals surface area contributed by atoms with E-state index in [0.717, 1.165) is 57.9 Å². The zero-order valence-electron chi connectivity index (χ0n) is 13.5. The maximum Gasteiger partial charge on any atom is 0.225 e. The van der Waals surface area contributed by atoms with Crippen LogP contribution in [0.15, 0.2) is 0 Å². The number of hydrogen-bond acceptors (Lipinski definition) is 4. The summed E-state index contributed by atoms with van der Waals surface area (Å²) >= 11 is 0. The molecule has 1 atom stereocenters. The maximum atomic E-state index is 12.4. The third-order valence-electron chi connectivity index (χ3n) is 4.80. The number of morpholine rings is 1. The van der Waals surface area contributed by atoms with Crippen molar-refractivity contribution in [2.75, 3.05) is 46.4 Å². The fourth-order valence-electron chi connectivity index (χ4n) is 3.36. The summed E-state index contributed by atoms with van der Waals surface area (Å²) < 4.78 is 5.30. The number of aliphatic hydroxyl groups is 1. The average molecular weight is 298 g/mol. The van der Waals surface area contributed by atoms with Crippen LogP contribution in [0.5, 0.6) is 0 Å². The molecule has 122 valence electrons. The minimum absolute atomic E-state index is 0.168. The first-order chi connectivity index (χ1) is 10.1. The van der Waals surface area contributed by atoms with Crippen LogP contribution in [0.1, 0.15) is 32.6 Å². The molecule has 5 nitrogen and oxygen atoms in total. The molecule has 0 aromatic heterocycles. The Balaban J connectivity index is 1.71. The van der Waals surface area contributed by atoms with Gasteiger partial charge in [0, 0.05) is 39.1 Å². The summed E-state index contributed by atoms with van der Waals surface area (Å²) in [5, 5.41) is 10.2. The largest absolute Gasteiger partial charge is 0.390 e. The highest BCUT2D eigenvalue weighted by Gasteiger charge is 2.27. The van der Waals surface area contributed by atoms with Crippen LogP contribution < -0.4 is 0 Å². The van der Waals surface area contributed by atoms with Gasteiger partial charge in [-0.3, -0.25) is 9.69 Å². The molecule has 0 bridgehead atoms. The second kappa shape index (κ2) is 8.11. The van der Waals surface area contributed by atoms with Crippen molar-refractivity contribution in [1.82, 2.24) is 9.80 Å². The highest BCUT2D eigenvalue weighted by molar-refractivity contribution is 5.78. The number of hydrogen-bond donors (Lipinski definition) is 1. The molecule has 0 spiro atoms. The lowest BCUT2D eigenvalue weighted by Gasteiger charge is -2.32. The first kappa shape index (κ1) is 16.7. The van der Waals surface area contributed by atoms with Gasteiger partial charge in [0.2, 0.25) is 5.91 Å². The van der Waals surface area contributed by atoms with E-state index < -0.39 is 6.10 Å². The first-order valence-electron chi connectivity index (χ1n) is 8.29. The van der Waals surface area contributed by atoms with Gasteiger partial charge < -0.3 is 14.7 Å². The van der Waals surface area contributed by atoms with Crippen molar-refractivity contribution in [3.63, 3.8) is 0 Å². The summed E-state index contributed by atoms with van der Waals surface area (Å²) in [7, 11) is 1.82. The van der Waals surface area contributed by atoms with Gasteiger partial charge in [0.25, 0.3) is 0 Å². The minimum atomic E-state index is -0.473. The standard InChI is InChI=1S/C16H30N2O3/c1-13-3-5-14(6-4-13)16(20)17(2)11-15(19)12-18-7-9-21-10-8-18/h13-15,19H,3-12H2,1-2H3. The summed E-state index contributed by atoms with van der Waals surface area (Å²) in [5.74, 6) is 1.14. The van der Waals surface area contributed by atoms with Crippen LogP contribution >= 0.6 is 0 Å². The molecule has 1 amide bonds. The summed E-state index contributed by atoms with van der Waals surface area (Å²) in [4.78, 5) is 16.3. The van der Waals surface area contributed by atoms with Gasteiger partial charge in [-0.1, -0.05) is 6.92 Å². The number of aliphatic hydroxyl groups excluding tert-OH is 1. The predicted octanol–water partition coefficient (Wildman–Crippen LogP) is 0.964. The zero-order valence-corrected chi connectivity index (χ0v) is 13.5. The fourth-order valence-corrected chi connectivity index (χ4v) is 3.36. The molecule has 0 radical (unpaired) electrons. The second-order valence-corrected chi connectivity index (χ2v) is 6.74. The van der Waals surface area contributed by atoms with Crippen molar-refractivity contribution in [2.45, 2.75) is 38.7 Å². The minimum Gasteiger partial charge on any atom is -0.390 e. The monoisotopic (exact) mass is 298 g/mol. The molecular weight excluding hydrogens is 268 g/mol. The van der Waals surface area contributed by atoms with Gasteiger partial charge in [-0.05, 0) is 31.6 Å². The fraction of sp³-hybridized carbons (Fsp3) is 0.938. The van der Waals surface area contributed by atoms with Crippen molar-refractivity contribution >= 4 is 5.91 Å². The molecule has 5 heteroatoms. The molecule has 1 aliphatic carbocycles. The molecule has 1 aliphatic heterocycles. The van der Waals surface area contributed by atoms with Crippen LogP contribution in [0.4, 0.5) is 0 Å². The van der Waals surface area contributed by atoms with Gasteiger partial charge in [0.15, 0.2) is 0 Å². The number of amides is 1. The lowest BCUT2D eigenvalue weighted by Crippen LogP contribution is -2.46. The Morgan fingerprint density at radius 3 is 2.52 bits per heavy atom. The van der Waals surface area contributed by atoms with Crippen molar-refractivity contribution in [1.29, 1.82) is 0 Å². The van der Waals surface area contributed by atoms with Crippen molar-refractivity contribution in [2.24, 2.45) is 11.8 Å².